The zero-order chi connectivity index (χ0) is 23.2. The Bertz CT molecular complexity index is 1430. The molecule has 5 nitrogen and oxygen atoms in total. The normalized spacial score (nSPS) is 17.5. The number of aryl methyl sites for hydroxylation is 2. The van der Waals surface area contributed by atoms with Gasteiger partial charge in [0.25, 0.3) is 10.0 Å². The van der Waals surface area contributed by atoms with Gasteiger partial charge in [-0.3, -0.25) is 0 Å². The van der Waals surface area contributed by atoms with Gasteiger partial charge in [-0.05, 0) is 92.2 Å². The molecule has 5 rings (SSSR count). The predicted octanol–water partition coefficient (Wildman–Crippen LogP) is 5.98. The number of aromatic nitrogens is 1. The van der Waals surface area contributed by atoms with Crippen LogP contribution in [0.25, 0.3) is 21.0 Å². The van der Waals surface area contributed by atoms with Gasteiger partial charge in [-0.1, -0.05) is 23.2 Å². The first kappa shape index (κ1) is 23.1. The summed E-state index contributed by atoms with van der Waals surface area (Å²) in [6.07, 6.45) is 4.84. The van der Waals surface area contributed by atoms with Crippen molar-refractivity contribution in [3.63, 3.8) is 0 Å². The lowest BCUT2D eigenvalue weighted by Crippen LogP contribution is -2.37. The van der Waals surface area contributed by atoms with Crippen LogP contribution >= 0.6 is 34.5 Å². The summed E-state index contributed by atoms with van der Waals surface area (Å²) in [6.45, 7) is 4.41. The summed E-state index contributed by atoms with van der Waals surface area (Å²) in [5.41, 5.74) is 3.13. The number of sulfonamides is 1. The molecule has 0 radical (unpaired) electrons. The van der Waals surface area contributed by atoms with Crippen LogP contribution in [0.4, 0.5) is 0 Å². The van der Waals surface area contributed by atoms with Crippen LogP contribution in [0.5, 0.6) is 0 Å². The van der Waals surface area contributed by atoms with E-state index < -0.39 is 10.0 Å². The molecular weight excluding hydrogens is 497 g/mol. The van der Waals surface area contributed by atoms with Crippen LogP contribution in [-0.4, -0.2) is 44.0 Å². The van der Waals surface area contributed by atoms with Gasteiger partial charge in [0.1, 0.15) is 4.21 Å². The van der Waals surface area contributed by atoms with E-state index in [1.165, 1.54) is 22.3 Å². The Kier molecular flexibility index (Phi) is 6.46. The molecule has 3 heterocycles. The third kappa shape index (κ3) is 4.81. The number of rotatable bonds is 7. The Labute approximate surface area is 207 Å². The van der Waals surface area contributed by atoms with Gasteiger partial charge in [0.05, 0.1) is 0 Å². The molecule has 2 aromatic carbocycles. The molecule has 1 fully saturated rings. The SMILES string of the molecule is Cc1c(S(=O)(=O)NC2CCN(CCCc3c[nH]c4ccc(Cl)cc34)C2)sc2ccc(Cl)cc12. The van der Waals surface area contributed by atoms with Gasteiger partial charge in [0.15, 0.2) is 0 Å². The maximum Gasteiger partial charge on any atom is 0.250 e. The highest BCUT2D eigenvalue weighted by atomic mass is 35.5. The molecule has 1 aliphatic heterocycles. The van der Waals surface area contributed by atoms with E-state index in [-0.39, 0.29) is 6.04 Å². The molecule has 1 atom stereocenters. The summed E-state index contributed by atoms with van der Waals surface area (Å²) in [7, 11) is -3.57. The molecule has 0 aliphatic carbocycles. The van der Waals surface area contributed by atoms with E-state index in [0.717, 1.165) is 65.1 Å². The van der Waals surface area contributed by atoms with Crippen molar-refractivity contribution >= 4 is 65.6 Å². The van der Waals surface area contributed by atoms with Crippen molar-refractivity contribution in [3.05, 3.63) is 63.8 Å². The average Bonchev–Trinajstić information content (AvgIpc) is 3.46. The highest BCUT2D eigenvalue weighted by molar-refractivity contribution is 7.91. The highest BCUT2D eigenvalue weighted by Gasteiger charge is 2.29. The molecule has 9 heteroatoms. The van der Waals surface area contributed by atoms with Crippen molar-refractivity contribution < 1.29 is 8.42 Å². The smallest absolute Gasteiger partial charge is 0.250 e. The van der Waals surface area contributed by atoms with Crippen LogP contribution in [0.15, 0.2) is 46.8 Å². The minimum Gasteiger partial charge on any atom is -0.361 e. The molecule has 33 heavy (non-hydrogen) atoms. The fourth-order valence-electron chi connectivity index (χ4n) is 4.68. The number of fused-ring (bicyclic) bond motifs is 2. The molecule has 0 bridgehead atoms. The Balaban J connectivity index is 1.19. The molecule has 0 spiro atoms. The van der Waals surface area contributed by atoms with Crippen LogP contribution in [0, 0.1) is 6.92 Å². The summed E-state index contributed by atoms with van der Waals surface area (Å²) in [5, 5.41) is 3.44. The van der Waals surface area contributed by atoms with Gasteiger partial charge in [-0.15, -0.1) is 11.3 Å². The number of hydrogen-bond donors (Lipinski definition) is 2. The van der Waals surface area contributed by atoms with Gasteiger partial charge in [-0.2, -0.15) is 0 Å². The van der Waals surface area contributed by atoms with Crippen molar-refractivity contribution in [3.8, 4) is 0 Å². The van der Waals surface area contributed by atoms with E-state index in [9.17, 15) is 8.42 Å². The zero-order valence-electron chi connectivity index (χ0n) is 18.2. The van der Waals surface area contributed by atoms with E-state index in [4.69, 9.17) is 23.2 Å². The van der Waals surface area contributed by atoms with E-state index in [1.54, 1.807) is 6.07 Å². The minimum atomic E-state index is -3.57. The van der Waals surface area contributed by atoms with E-state index in [0.29, 0.717) is 9.23 Å². The fraction of sp³-hybridized carbons (Fsp3) is 0.333. The van der Waals surface area contributed by atoms with Crippen LogP contribution in [0.1, 0.15) is 24.0 Å². The first-order chi connectivity index (χ1) is 15.8. The van der Waals surface area contributed by atoms with Crippen molar-refractivity contribution in [2.24, 2.45) is 0 Å². The standard InChI is InChI=1S/C24H25Cl2N3O2S2/c1-15-20-11-18(26)5-7-23(20)32-24(15)33(30,31)28-19-8-10-29(14-19)9-2-3-16-13-27-22-6-4-17(25)12-21(16)22/h4-7,11-13,19,27-28H,2-3,8-10,14H2,1H3. The van der Waals surface area contributed by atoms with Crippen molar-refractivity contribution in [2.75, 3.05) is 19.6 Å². The quantitative estimate of drug-likeness (QED) is 0.314. The third-order valence-corrected chi connectivity index (χ3v) is 10.2. The number of aromatic amines is 1. The largest absolute Gasteiger partial charge is 0.361 e. The average molecular weight is 523 g/mol. The lowest BCUT2D eigenvalue weighted by Gasteiger charge is -2.16. The fourth-order valence-corrected chi connectivity index (χ4v) is 8.05. The highest BCUT2D eigenvalue weighted by Crippen LogP contribution is 2.35. The number of nitrogens with zero attached hydrogens (tertiary/aromatic N) is 1. The van der Waals surface area contributed by atoms with Gasteiger partial charge in [0, 0.05) is 44.4 Å². The minimum absolute atomic E-state index is 0.0740. The summed E-state index contributed by atoms with van der Waals surface area (Å²) in [4.78, 5) is 5.64. The first-order valence-electron chi connectivity index (χ1n) is 11.0. The van der Waals surface area contributed by atoms with E-state index >= 15 is 0 Å². The molecule has 0 saturated carbocycles. The number of hydrogen-bond acceptors (Lipinski definition) is 4. The number of halogens is 2. The number of likely N-dealkylation sites (tertiary alicyclic amines) is 1. The number of H-pyrrole nitrogens is 1. The van der Waals surface area contributed by atoms with Crippen molar-refractivity contribution in [1.82, 2.24) is 14.6 Å². The second kappa shape index (κ2) is 9.21. The van der Waals surface area contributed by atoms with E-state index in [1.807, 2.05) is 37.3 Å². The summed E-state index contributed by atoms with van der Waals surface area (Å²) in [5.74, 6) is 0. The predicted molar refractivity (Wildman–Crippen MR) is 138 cm³/mol. The summed E-state index contributed by atoms with van der Waals surface area (Å²) >= 11 is 13.6. The zero-order valence-corrected chi connectivity index (χ0v) is 21.3. The molecule has 1 saturated heterocycles. The Morgan fingerprint density at radius 1 is 1.15 bits per heavy atom. The summed E-state index contributed by atoms with van der Waals surface area (Å²) in [6, 6.07) is 11.3. The van der Waals surface area contributed by atoms with Gasteiger partial charge in [0.2, 0.25) is 0 Å². The van der Waals surface area contributed by atoms with Gasteiger partial charge >= 0.3 is 0 Å². The molecule has 1 unspecified atom stereocenters. The number of nitrogens with one attached hydrogen (secondary N) is 2. The molecule has 1 aliphatic rings. The Morgan fingerprint density at radius 2 is 1.91 bits per heavy atom. The monoisotopic (exact) mass is 521 g/mol. The van der Waals surface area contributed by atoms with Crippen molar-refractivity contribution in [2.45, 2.75) is 36.4 Å². The molecule has 2 aromatic heterocycles. The van der Waals surface area contributed by atoms with Crippen LogP contribution in [-0.2, 0) is 16.4 Å². The Hall–Kier alpha value is -1.61. The summed E-state index contributed by atoms with van der Waals surface area (Å²) < 4.78 is 30.5. The second-order valence-corrected chi connectivity index (χ2v) is 12.5. The second-order valence-electron chi connectivity index (χ2n) is 8.67. The van der Waals surface area contributed by atoms with Crippen LogP contribution in [0.2, 0.25) is 10.0 Å². The lowest BCUT2D eigenvalue weighted by molar-refractivity contribution is 0.327. The molecule has 2 N–H and O–H groups in total. The molecule has 174 valence electrons. The molecule has 4 aromatic rings. The topological polar surface area (TPSA) is 65.2 Å². The lowest BCUT2D eigenvalue weighted by atomic mass is 10.1. The third-order valence-electron chi connectivity index (χ3n) is 6.34. The van der Waals surface area contributed by atoms with Crippen LogP contribution < -0.4 is 4.72 Å². The molecule has 0 amide bonds. The maximum atomic E-state index is 13.1. The van der Waals surface area contributed by atoms with Crippen molar-refractivity contribution in [1.29, 1.82) is 0 Å². The van der Waals surface area contributed by atoms with E-state index in [2.05, 4.69) is 20.8 Å². The maximum absolute atomic E-state index is 13.1. The van der Waals surface area contributed by atoms with Gasteiger partial charge in [-0.25, -0.2) is 13.1 Å². The Morgan fingerprint density at radius 3 is 2.73 bits per heavy atom. The van der Waals surface area contributed by atoms with Gasteiger partial charge < -0.3 is 9.88 Å². The van der Waals surface area contributed by atoms with Crippen LogP contribution in [0.3, 0.4) is 0 Å². The first-order valence-corrected chi connectivity index (χ1v) is 14.0. The number of thiophene rings is 1. The number of benzene rings is 2. The molecular formula is C24H25Cl2N3O2S2.